The van der Waals surface area contributed by atoms with Crippen LogP contribution >= 0.6 is 0 Å². The molecule has 17 heavy (non-hydrogen) atoms. The van der Waals surface area contributed by atoms with Crippen LogP contribution in [0.15, 0.2) is 0 Å². The number of hydrogen-bond acceptors (Lipinski definition) is 1. The van der Waals surface area contributed by atoms with Gasteiger partial charge < -0.3 is 10.2 Å². The highest BCUT2D eigenvalue weighted by atomic mass is 16.2. The third-order valence-electron chi connectivity index (χ3n) is 4.41. The molecule has 1 heterocycles. The maximum atomic E-state index is 12.1. The highest BCUT2D eigenvalue weighted by Gasteiger charge is 2.24. The number of urea groups is 1. The van der Waals surface area contributed by atoms with Crippen LogP contribution in [0, 0.1) is 11.8 Å². The third-order valence-corrected chi connectivity index (χ3v) is 4.41. The van der Waals surface area contributed by atoms with Crippen LogP contribution in [0.4, 0.5) is 4.79 Å². The lowest BCUT2D eigenvalue weighted by Gasteiger charge is -2.33. The topological polar surface area (TPSA) is 32.3 Å². The lowest BCUT2D eigenvalue weighted by molar-refractivity contribution is 0.166. The number of carbonyl (C=O) groups is 1. The zero-order valence-corrected chi connectivity index (χ0v) is 11.2. The molecule has 1 aliphatic heterocycles. The number of likely N-dealkylation sites (tertiary alicyclic amines) is 1. The number of nitrogens with one attached hydrogen (secondary N) is 1. The molecule has 3 heteroatoms. The number of carbonyl (C=O) groups excluding carboxylic acids is 1. The monoisotopic (exact) mass is 238 g/mol. The van der Waals surface area contributed by atoms with Crippen LogP contribution in [0.1, 0.15) is 52.4 Å². The van der Waals surface area contributed by atoms with Crippen LogP contribution in [0.2, 0.25) is 0 Å². The molecule has 3 nitrogen and oxygen atoms in total. The van der Waals surface area contributed by atoms with Gasteiger partial charge in [0.25, 0.3) is 0 Å². The molecule has 0 unspecified atom stereocenters. The summed E-state index contributed by atoms with van der Waals surface area (Å²) in [5, 5.41) is 3.21. The molecule has 2 fully saturated rings. The van der Waals surface area contributed by atoms with Crippen molar-refractivity contribution in [1.82, 2.24) is 10.2 Å². The minimum absolute atomic E-state index is 0.177. The van der Waals surface area contributed by atoms with Crippen LogP contribution in [-0.4, -0.2) is 30.1 Å². The number of amides is 2. The number of rotatable bonds is 1. The molecular weight excluding hydrogens is 212 g/mol. The minimum Gasteiger partial charge on any atom is -0.335 e. The zero-order chi connectivity index (χ0) is 12.3. The van der Waals surface area contributed by atoms with Gasteiger partial charge >= 0.3 is 6.03 Å². The van der Waals surface area contributed by atoms with Crippen molar-refractivity contribution < 1.29 is 4.79 Å². The van der Waals surface area contributed by atoms with Crippen molar-refractivity contribution in [2.75, 3.05) is 13.1 Å². The first-order valence-electron chi connectivity index (χ1n) is 7.20. The molecule has 1 saturated carbocycles. The van der Waals surface area contributed by atoms with Crippen molar-refractivity contribution in [2.24, 2.45) is 11.8 Å². The third kappa shape index (κ3) is 3.62. The smallest absolute Gasteiger partial charge is 0.317 e. The van der Waals surface area contributed by atoms with Gasteiger partial charge in [0.2, 0.25) is 0 Å². The molecule has 0 aromatic heterocycles. The van der Waals surface area contributed by atoms with Gasteiger partial charge in [-0.3, -0.25) is 0 Å². The van der Waals surface area contributed by atoms with Crippen molar-refractivity contribution in [2.45, 2.75) is 58.4 Å². The van der Waals surface area contributed by atoms with E-state index in [4.69, 9.17) is 0 Å². The summed E-state index contributed by atoms with van der Waals surface area (Å²) in [5.41, 5.74) is 0. The number of hydrogen-bond donors (Lipinski definition) is 1. The Bertz CT molecular complexity index is 251. The summed E-state index contributed by atoms with van der Waals surface area (Å²) in [7, 11) is 0. The summed E-state index contributed by atoms with van der Waals surface area (Å²) in [6.45, 7) is 6.47. The second-order valence-electron chi connectivity index (χ2n) is 6.08. The molecule has 2 amide bonds. The predicted octanol–water partition coefficient (Wildman–Crippen LogP) is 3.01. The normalized spacial score (nSPS) is 31.3. The Morgan fingerprint density at radius 2 is 1.47 bits per heavy atom. The average molecular weight is 238 g/mol. The quantitative estimate of drug-likeness (QED) is 0.748. The Morgan fingerprint density at radius 1 is 0.941 bits per heavy atom. The predicted molar refractivity (Wildman–Crippen MR) is 69.9 cm³/mol. The first kappa shape index (κ1) is 12.7. The van der Waals surface area contributed by atoms with Gasteiger partial charge in [-0.25, -0.2) is 4.79 Å². The molecule has 98 valence electrons. The summed E-state index contributed by atoms with van der Waals surface area (Å²) >= 11 is 0. The van der Waals surface area contributed by atoms with Gasteiger partial charge in [-0.15, -0.1) is 0 Å². The molecular formula is C14H26N2O. The van der Waals surface area contributed by atoms with Crippen molar-refractivity contribution in [3.63, 3.8) is 0 Å². The molecule has 0 spiro atoms. The number of nitrogens with zero attached hydrogens (tertiary/aromatic N) is 1. The van der Waals surface area contributed by atoms with Crippen LogP contribution in [0.3, 0.4) is 0 Å². The summed E-state index contributed by atoms with van der Waals surface area (Å²) in [6, 6.07) is 0.606. The lowest BCUT2D eigenvalue weighted by atomic mass is 9.87. The van der Waals surface area contributed by atoms with E-state index in [0.717, 1.165) is 50.6 Å². The van der Waals surface area contributed by atoms with E-state index in [9.17, 15) is 4.79 Å². The highest BCUT2D eigenvalue weighted by Crippen LogP contribution is 2.24. The van der Waals surface area contributed by atoms with E-state index in [-0.39, 0.29) is 6.03 Å². The van der Waals surface area contributed by atoms with Gasteiger partial charge in [-0.2, -0.15) is 0 Å². The first-order valence-corrected chi connectivity index (χ1v) is 7.20. The van der Waals surface area contributed by atoms with Gasteiger partial charge in [0.15, 0.2) is 0 Å². The van der Waals surface area contributed by atoms with Crippen molar-refractivity contribution >= 4 is 6.03 Å². The van der Waals surface area contributed by atoms with Gasteiger partial charge in [-0.1, -0.05) is 13.8 Å². The summed E-state index contributed by atoms with van der Waals surface area (Å²) < 4.78 is 0. The van der Waals surface area contributed by atoms with Crippen molar-refractivity contribution in [1.29, 1.82) is 0 Å². The Balaban J connectivity index is 1.73. The van der Waals surface area contributed by atoms with Gasteiger partial charge in [-0.05, 0) is 50.4 Å². The summed E-state index contributed by atoms with van der Waals surface area (Å²) in [4.78, 5) is 14.1. The Morgan fingerprint density at radius 3 is 2.06 bits per heavy atom. The maximum Gasteiger partial charge on any atom is 0.317 e. The van der Waals surface area contributed by atoms with Gasteiger partial charge in [0, 0.05) is 19.1 Å². The van der Waals surface area contributed by atoms with Crippen LogP contribution in [0.5, 0.6) is 0 Å². The Hall–Kier alpha value is -0.730. The van der Waals surface area contributed by atoms with E-state index >= 15 is 0 Å². The van der Waals surface area contributed by atoms with Crippen LogP contribution in [0.25, 0.3) is 0 Å². The van der Waals surface area contributed by atoms with E-state index in [1.54, 1.807) is 0 Å². The van der Waals surface area contributed by atoms with Gasteiger partial charge in [0.05, 0.1) is 0 Å². The highest BCUT2D eigenvalue weighted by molar-refractivity contribution is 5.74. The molecule has 2 rings (SSSR count). The fourth-order valence-electron chi connectivity index (χ4n) is 2.88. The fraction of sp³-hybridized carbons (Fsp3) is 0.929. The minimum atomic E-state index is 0.177. The van der Waals surface area contributed by atoms with Gasteiger partial charge in [0.1, 0.15) is 0 Å². The molecule has 0 radical (unpaired) electrons. The summed E-state index contributed by atoms with van der Waals surface area (Å²) in [5.74, 6) is 1.63. The molecule has 1 N–H and O–H groups in total. The second kappa shape index (κ2) is 5.74. The molecule has 0 bridgehead atoms. The molecule has 0 atom stereocenters. The largest absolute Gasteiger partial charge is 0.335 e. The van der Waals surface area contributed by atoms with E-state index in [1.807, 2.05) is 4.90 Å². The Kier molecular flexibility index (Phi) is 4.30. The summed E-state index contributed by atoms with van der Waals surface area (Å²) in [6.07, 6.45) is 7.18. The molecule has 1 aliphatic carbocycles. The van der Waals surface area contributed by atoms with E-state index in [0.29, 0.717) is 6.04 Å². The number of piperidine rings is 1. The lowest BCUT2D eigenvalue weighted by Crippen LogP contribution is -2.48. The second-order valence-corrected chi connectivity index (χ2v) is 6.08. The molecule has 0 aromatic rings. The fourth-order valence-corrected chi connectivity index (χ4v) is 2.88. The molecule has 0 aromatic carbocycles. The average Bonchev–Trinajstić information content (AvgIpc) is 2.33. The van der Waals surface area contributed by atoms with E-state index in [2.05, 4.69) is 19.2 Å². The van der Waals surface area contributed by atoms with Crippen molar-refractivity contribution in [3.8, 4) is 0 Å². The van der Waals surface area contributed by atoms with Crippen LogP contribution < -0.4 is 5.32 Å². The zero-order valence-electron chi connectivity index (χ0n) is 11.2. The maximum absolute atomic E-state index is 12.1. The van der Waals surface area contributed by atoms with Crippen molar-refractivity contribution in [3.05, 3.63) is 0 Å². The van der Waals surface area contributed by atoms with E-state index < -0.39 is 0 Å². The standard InChI is InChI=1S/C14H26N2O/c1-11-3-5-13(6-4-11)15-14(17)16-9-7-12(2)8-10-16/h11-13H,3-10H2,1-2H3,(H,15,17). The van der Waals surface area contributed by atoms with Crippen LogP contribution in [-0.2, 0) is 0 Å². The molecule has 1 saturated heterocycles. The first-order chi connectivity index (χ1) is 8.15. The SMILES string of the molecule is CC1CCC(NC(=O)N2CCC(C)CC2)CC1. The van der Waals surface area contributed by atoms with E-state index in [1.165, 1.54) is 12.8 Å². The Labute approximate surface area is 105 Å². The molecule has 2 aliphatic rings.